The fourth-order valence-electron chi connectivity index (χ4n) is 2.55. The number of allylic oxidation sites excluding steroid dienone is 1. The number of nitrogens with zero attached hydrogens (tertiary/aromatic N) is 2. The van der Waals surface area contributed by atoms with E-state index in [-0.39, 0.29) is 12.4 Å². The van der Waals surface area contributed by atoms with Crippen LogP contribution < -0.4 is 5.32 Å². The van der Waals surface area contributed by atoms with Gasteiger partial charge in [-0.15, -0.1) is 11.3 Å². The molecule has 8 heteroatoms. The van der Waals surface area contributed by atoms with Crippen molar-refractivity contribution in [2.75, 3.05) is 6.61 Å². The molecule has 0 aliphatic carbocycles. The number of thiazole rings is 1. The lowest BCUT2D eigenvalue weighted by Crippen LogP contribution is -2.32. The number of aromatic nitrogens is 1. The van der Waals surface area contributed by atoms with Crippen LogP contribution in [0.25, 0.3) is 0 Å². The number of benzene rings is 1. The summed E-state index contributed by atoms with van der Waals surface area (Å²) in [6, 6.07) is 3.70. The number of hydrogen-bond acceptors (Lipinski definition) is 6. The first kappa shape index (κ1) is 17.8. The molecule has 0 saturated heterocycles. The van der Waals surface area contributed by atoms with Crippen LogP contribution in [0.3, 0.4) is 0 Å². The maximum absolute atomic E-state index is 13.5. The molecule has 0 bridgehead atoms. The van der Waals surface area contributed by atoms with E-state index in [9.17, 15) is 9.18 Å². The minimum atomic E-state index is -0.617. The molecule has 1 aromatic heterocycles. The summed E-state index contributed by atoms with van der Waals surface area (Å²) in [5.74, 6) is -0.246. The van der Waals surface area contributed by atoms with Gasteiger partial charge in [-0.1, -0.05) is 22.0 Å². The predicted molar refractivity (Wildman–Crippen MR) is 98.0 cm³/mol. The Balaban J connectivity index is 2.11. The van der Waals surface area contributed by atoms with Crippen LogP contribution in [0, 0.1) is 5.82 Å². The van der Waals surface area contributed by atoms with Crippen LogP contribution in [0.5, 0.6) is 0 Å². The van der Waals surface area contributed by atoms with Crippen molar-refractivity contribution in [1.82, 2.24) is 10.3 Å². The van der Waals surface area contributed by atoms with Gasteiger partial charge in [-0.3, -0.25) is 4.99 Å². The molecule has 2 heterocycles. The van der Waals surface area contributed by atoms with Crippen LogP contribution in [0.2, 0.25) is 0 Å². The molecule has 25 heavy (non-hydrogen) atoms. The minimum absolute atomic E-state index is 0.260. The van der Waals surface area contributed by atoms with E-state index in [1.54, 1.807) is 26.1 Å². The molecule has 0 amide bonds. The van der Waals surface area contributed by atoms with Gasteiger partial charge in [-0.2, -0.15) is 0 Å². The number of aliphatic imine (C=N–C) groups is 1. The second-order valence-corrected chi connectivity index (χ2v) is 7.02. The molecule has 0 radical (unpaired) electrons. The summed E-state index contributed by atoms with van der Waals surface area (Å²) in [5.41, 5.74) is 1.72. The Morgan fingerprint density at radius 1 is 1.48 bits per heavy atom. The molecule has 0 spiro atoms. The fourth-order valence-corrected chi connectivity index (χ4v) is 3.70. The largest absolute Gasteiger partial charge is 0.463 e. The summed E-state index contributed by atoms with van der Waals surface area (Å²) in [4.78, 5) is 21.4. The maximum atomic E-state index is 13.5. The average Bonchev–Trinajstić information content (AvgIpc) is 3.08. The number of ether oxygens (including phenoxy) is 1. The molecule has 1 aromatic carbocycles. The first-order valence-electron chi connectivity index (χ1n) is 7.58. The molecular formula is C17H15BrFN3O2S. The van der Waals surface area contributed by atoms with Crippen LogP contribution in [0.1, 0.15) is 30.5 Å². The number of hydrogen-bond donors (Lipinski definition) is 1. The zero-order chi connectivity index (χ0) is 18.0. The average molecular weight is 424 g/mol. The van der Waals surface area contributed by atoms with Crippen molar-refractivity contribution in [3.8, 4) is 0 Å². The van der Waals surface area contributed by atoms with Gasteiger partial charge in [-0.05, 0) is 31.5 Å². The number of carbonyl (C=O) groups excluding carboxylic acids is 1. The van der Waals surface area contributed by atoms with Gasteiger partial charge in [0.05, 0.1) is 12.2 Å². The Bertz CT molecular complexity index is 865. The maximum Gasteiger partial charge on any atom is 0.338 e. The Hall–Kier alpha value is -2.06. The quantitative estimate of drug-likeness (QED) is 0.755. The second-order valence-electron chi connectivity index (χ2n) is 5.27. The molecule has 0 fully saturated rings. The zero-order valence-corrected chi connectivity index (χ0v) is 15.9. The van der Waals surface area contributed by atoms with Gasteiger partial charge < -0.3 is 10.1 Å². The van der Waals surface area contributed by atoms with E-state index >= 15 is 0 Å². The van der Waals surface area contributed by atoms with Crippen molar-refractivity contribution in [1.29, 1.82) is 0 Å². The van der Waals surface area contributed by atoms with E-state index in [0.29, 0.717) is 32.1 Å². The van der Waals surface area contributed by atoms with Crippen LogP contribution >= 0.6 is 27.3 Å². The third-order valence-corrected chi connectivity index (χ3v) is 5.10. The second kappa shape index (κ2) is 7.45. The van der Waals surface area contributed by atoms with E-state index in [4.69, 9.17) is 4.74 Å². The van der Waals surface area contributed by atoms with Gasteiger partial charge in [0.15, 0.2) is 10.8 Å². The Morgan fingerprint density at radius 3 is 2.92 bits per heavy atom. The summed E-state index contributed by atoms with van der Waals surface area (Å²) < 4.78 is 19.2. The number of esters is 1. The number of halogens is 2. The van der Waals surface area contributed by atoms with Crippen molar-refractivity contribution in [3.05, 3.63) is 61.9 Å². The number of carbonyl (C=O) groups is 1. The third-order valence-electron chi connectivity index (χ3n) is 3.63. The molecular weight excluding hydrogens is 409 g/mol. The van der Waals surface area contributed by atoms with E-state index in [1.165, 1.54) is 23.5 Å². The van der Waals surface area contributed by atoms with Crippen LogP contribution in [-0.4, -0.2) is 23.4 Å². The highest BCUT2D eigenvalue weighted by molar-refractivity contribution is 9.10. The highest BCUT2D eigenvalue weighted by atomic mass is 79.9. The van der Waals surface area contributed by atoms with Crippen LogP contribution in [0.4, 0.5) is 4.39 Å². The summed E-state index contributed by atoms with van der Waals surface area (Å²) >= 11 is 4.81. The molecule has 1 aliphatic rings. The Kier molecular flexibility index (Phi) is 5.29. The Labute approximate surface area is 156 Å². The van der Waals surface area contributed by atoms with Gasteiger partial charge in [0.2, 0.25) is 0 Å². The third kappa shape index (κ3) is 3.64. The highest BCUT2D eigenvalue weighted by Gasteiger charge is 2.32. The molecule has 1 atom stereocenters. The Morgan fingerprint density at radius 2 is 2.28 bits per heavy atom. The van der Waals surface area contributed by atoms with Gasteiger partial charge >= 0.3 is 5.97 Å². The van der Waals surface area contributed by atoms with Gasteiger partial charge in [0.1, 0.15) is 11.9 Å². The number of nitrogens with one attached hydrogen (secondary N) is 1. The summed E-state index contributed by atoms with van der Waals surface area (Å²) in [5, 5.41) is 5.69. The molecule has 130 valence electrons. The molecule has 1 N–H and O–H groups in total. The van der Waals surface area contributed by atoms with Gasteiger partial charge in [0.25, 0.3) is 0 Å². The number of rotatable bonds is 4. The molecule has 1 aliphatic heterocycles. The van der Waals surface area contributed by atoms with Gasteiger partial charge in [0, 0.05) is 21.7 Å². The van der Waals surface area contributed by atoms with Crippen molar-refractivity contribution in [2.24, 2.45) is 4.99 Å². The SMILES string of the molecule is CCOC(=O)C1=C(C)NC(c2nccs2)=N[C@@H]1c1ccc(F)cc1Br. The standard InChI is InChI=1S/C17H15BrFN3O2S/c1-3-24-17(23)13-9(2)21-15(16-20-6-7-25-16)22-14(13)11-5-4-10(19)8-12(11)18/h4-8,14H,3H2,1-2H3,(H,21,22)/t14-/m1/s1. The smallest absolute Gasteiger partial charge is 0.338 e. The summed E-state index contributed by atoms with van der Waals surface area (Å²) in [7, 11) is 0. The topological polar surface area (TPSA) is 63.6 Å². The van der Waals surface area contributed by atoms with Crippen LogP contribution in [0.15, 0.2) is 50.5 Å². The fraction of sp³-hybridized carbons (Fsp3) is 0.235. The molecule has 2 aromatic rings. The van der Waals surface area contributed by atoms with Crippen molar-refractivity contribution < 1.29 is 13.9 Å². The zero-order valence-electron chi connectivity index (χ0n) is 13.5. The normalized spacial score (nSPS) is 17.1. The monoisotopic (exact) mass is 423 g/mol. The first-order chi connectivity index (χ1) is 12.0. The lowest BCUT2D eigenvalue weighted by atomic mass is 9.96. The van der Waals surface area contributed by atoms with E-state index in [1.807, 2.05) is 5.38 Å². The lowest BCUT2D eigenvalue weighted by Gasteiger charge is -2.26. The van der Waals surface area contributed by atoms with Crippen molar-refractivity contribution in [2.45, 2.75) is 19.9 Å². The van der Waals surface area contributed by atoms with Gasteiger partial charge in [-0.25, -0.2) is 14.2 Å². The van der Waals surface area contributed by atoms with Crippen molar-refractivity contribution >= 4 is 39.1 Å². The van der Waals surface area contributed by atoms with Crippen LogP contribution in [-0.2, 0) is 9.53 Å². The molecule has 0 unspecified atom stereocenters. The first-order valence-corrected chi connectivity index (χ1v) is 9.26. The lowest BCUT2D eigenvalue weighted by molar-refractivity contribution is -0.138. The number of amidine groups is 1. The summed E-state index contributed by atoms with van der Waals surface area (Å²) in [6.45, 7) is 3.80. The molecule has 5 nitrogen and oxygen atoms in total. The summed E-state index contributed by atoms with van der Waals surface area (Å²) in [6.07, 6.45) is 1.69. The molecule has 0 saturated carbocycles. The van der Waals surface area contributed by atoms with E-state index in [2.05, 4.69) is 31.2 Å². The molecule has 3 rings (SSSR count). The van der Waals surface area contributed by atoms with E-state index < -0.39 is 12.0 Å². The minimum Gasteiger partial charge on any atom is -0.463 e. The van der Waals surface area contributed by atoms with E-state index in [0.717, 1.165) is 0 Å². The highest BCUT2D eigenvalue weighted by Crippen LogP contribution is 2.36. The predicted octanol–water partition coefficient (Wildman–Crippen LogP) is 3.97. The van der Waals surface area contributed by atoms with Crippen molar-refractivity contribution in [3.63, 3.8) is 0 Å².